The molecule has 3 aromatic carbocycles. The van der Waals surface area contributed by atoms with Crippen LogP contribution in [-0.4, -0.2) is 31.2 Å². The fourth-order valence-electron chi connectivity index (χ4n) is 3.82. The van der Waals surface area contributed by atoms with Gasteiger partial charge in [-0.25, -0.2) is 8.42 Å². The Morgan fingerprint density at radius 1 is 0.967 bits per heavy atom. The second-order valence-electron chi connectivity index (χ2n) is 7.49. The first kappa shape index (κ1) is 20.8. The molecule has 3 aromatic rings. The minimum absolute atomic E-state index is 0.119. The number of hydrogen-bond acceptors (Lipinski definition) is 3. The number of carbonyl (C=O) groups excluding carboxylic acids is 1. The van der Waals surface area contributed by atoms with Crippen LogP contribution >= 0.6 is 11.6 Å². The Morgan fingerprint density at radius 2 is 1.70 bits per heavy atom. The predicted octanol–water partition coefficient (Wildman–Crippen LogP) is 4.35. The van der Waals surface area contributed by atoms with E-state index in [-0.39, 0.29) is 17.3 Å². The van der Waals surface area contributed by atoms with Crippen molar-refractivity contribution in [2.45, 2.75) is 36.7 Å². The highest BCUT2D eigenvalue weighted by molar-refractivity contribution is 7.89. The Kier molecular flexibility index (Phi) is 6.09. The van der Waals surface area contributed by atoms with Crippen LogP contribution in [0, 0.1) is 0 Å². The Balaban J connectivity index is 1.75. The maximum atomic E-state index is 13.6. The lowest BCUT2D eigenvalue weighted by Gasteiger charge is -2.29. The molecule has 4 rings (SSSR count). The lowest BCUT2D eigenvalue weighted by molar-refractivity contribution is -0.124. The highest BCUT2D eigenvalue weighted by atomic mass is 35.5. The van der Waals surface area contributed by atoms with Crippen LogP contribution in [0.15, 0.2) is 71.6 Å². The first-order valence-corrected chi connectivity index (χ1v) is 11.8. The van der Waals surface area contributed by atoms with Gasteiger partial charge in [0.25, 0.3) is 0 Å². The van der Waals surface area contributed by atoms with Gasteiger partial charge in [-0.2, -0.15) is 4.31 Å². The standard InChI is InChI=1S/C23H23ClN2O3S/c24-20-10-12-21(13-11-20)30(28,29)26(22-7-3-4-14-25-23(22)27)16-17-8-9-18-5-1-2-6-19(18)15-17/h1-2,5-6,8-13,15,22H,3-4,7,14,16H2,(H,25,27)/t22-/m1/s1. The Hall–Kier alpha value is -2.41. The van der Waals surface area contributed by atoms with Crippen molar-refractivity contribution >= 4 is 38.3 Å². The topological polar surface area (TPSA) is 66.5 Å². The summed E-state index contributed by atoms with van der Waals surface area (Å²) >= 11 is 5.95. The second-order valence-corrected chi connectivity index (χ2v) is 9.82. The average molecular weight is 443 g/mol. The number of hydrogen-bond donors (Lipinski definition) is 1. The lowest BCUT2D eigenvalue weighted by Crippen LogP contribution is -2.48. The summed E-state index contributed by atoms with van der Waals surface area (Å²) in [6.45, 7) is 0.689. The van der Waals surface area contributed by atoms with Crippen LogP contribution in [-0.2, 0) is 21.4 Å². The van der Waals surface area contributed by atoms with Crippen molar-refractivity contribution in [3.63, 3.8) is 0 Å². The molecular weight excluding hydrogens is 420 g/mol. The predicted molar refractivity (Wildman–Crippen MR) is 119 cm³/mol. The first-order chi connectivity index (χ1) is 14.4. The number of nitrogens with zero attached hydrogens (tertiary/aromatic N) is 1. The summed E-state index contributed by atoms with van der Waals surface area (Å²) in [6, 6.07) is 19.1. The van der Waals surface area contributed by atoms with Crippen molar-refractivity contribution < 1.29 is 13.2 Å². The largest absolute Gasteiger partial charge is 0.355 e. The highest BCUT2D eigenvalue weighted by Gasteiger charge is 2.36. The molecule has 1 atom stereocenters. The molecular formula is C23H23ClN2O3S. The SMILES string of the molecule is O=C1NCCCC[C@H]1N(Cc1ccc2ccccc2c1)S(=O)(=O)c1ccc(Cl)cc1. The molecule has 1 heterocycles. The number of carbonyl (C=O) groups is 1. The Morgan fingerprint density at radius 3 is 2.47 bits per heavy atom. The van der Waals surface area contributed by atoms with Gasteiger partial charge in [-0.05, 0) is 65.9 Å². The van der Waals surface area contributed by atoms with Crippen LogP contribution in [0.5, 0.6) is 0 Å². The van der Waals surface area contributed by atoms with E-state index in [0.717, 1.165) is 29.2 Å². The van der Waals surface area contributed by atoms with Gasteiger partial charge in [0.1, 0.15) is 6.04 Å². The summed E-state index contributed by atoms with van der Waals surface area (Å²) in [5, 5.41) is 5.43. The van der Waals surface area contributed by atoms with Crippen LogP contribution in [0.3, 0.4) is 0 Å². The number of rotatable bonds is 5. The normalized spacial score (nSPS) is 17.7. The molecule has 0 aromatic heterocycles. The summed E-state index contributed by atoms with van der Waals surface area (Å²) in [5.74, 6) is -0.245. The zero-order valence-corrected chi connectivity index (χ0v) is 18.0. The third-order valence-corrected chi connectivity index (χ3v) is 7.55. The molecule has 0 aliphatic carbocycles. The van der Waals surface area contributed by atoms with Crippen LogP contribution in [0.2, 0.25) is 5.02 Å². The van der Waals surface area contributed by atoms with Gasteiger partial charge in [-0.1, -0.05) is 48.0 Å². The molecule has 0 spiro atoms. The molecule has 30 heavy (non-hydrogen) atoms. The monoisotopic (exact) mass is 442 g/mol. The molecule has 1 fully saturated rings. The van der Waals surface area contributed by atoms with Gasteiger partial charge in [-0.3, -0.25) is 4.79 Å². The molecule has 0 bridgehead atoms. The van der Waals surface area contributed by atoms with E-state index in [1.165, 1.54) is 16.4 Å². The van der Waals surface area contributed by atoms with E-state index in [4.69, 9.17) is 11.6 Å². The number of fused-ring (bicyclic) bond motifs is 1. The molecule has 7 heteroatoms. The lowest BCUT2D eigenvalue weighted by atomic mass is 10.1. The van der Waals surface area contributed by atoms with Gasteiger partial charge < -0.3 is 5.32 Å². The van der Waals surface area contributed by atoms with Crippen LogP contribution in [0.4, 0.5) is 0 Å². The molecule has 1 saturated heterocycles. The van der Waals surface area contributed by atoms with Crippen LogP contribution in [0.25, 0.3) is 10.8 Å². The van der Waals surface area contributed by atoms with Gasteiger partial charge >= 0.3 is 0 Å². The smallest absolute Gasteiger partial charge is 0.244 e. The maximum absolute atomic E-state index is 13.6. The third kappa shape index (κ3) is 4.36. The van der Waals surface area contributed by atoms with Crippen LogP contribution < -0.4 is 5.32 Å². The van der Waals surface area contributed by atoms with Crippen LogP contribution in [0.1, 0.15) is 24.8 Å². The summed E-state index contributed by atoms with van der Waals surface area (Å²) in [7, 11) is -3.90. The molecule has 1 amide bonds. The van der Waals surface area contributed by atoms with E-state index in [0.29, 0.717) is 18.0 Å². The van der Waals surface area contributed by atoms with Gasteiger partial charge in [0, 0.05) is 18.1 Å². The quantitative estimate of drug-likeness (QED) is 0.638. The van der Waals surface area contributed by atoms with E-state index >= 15 is 0 Å². The van der Waals surface area contributed by atoms with Crippen molar-refractivity contribution in [2.24, 2.45) is 0 Å². The number of halogens is 1. The van der Waals surface area contributed by atoms with Crippen molar-refractivity contribution in [1.82, 2.24) is 9.62 Å². The van der Waals surface area contributed by atoms with Crippen molar-refractivity contribution in [3.05, 3.63) is 77.3 Å². The van der Waals surface area contributed by atoms with Gasteiger partial charge in [0.2, 0.25) is 15.9 Å². The van der Waals surface area contributed by atoms with Gasteiger partial charge in [0.05, 0.1) is 4.90 Å². The second kappa shape index (κ2) is 8.76. The summed E-state index contributed by atoms with van der Waals surface area (Å²) in [6.07, 6.45) is 2.12. The molecule has 1 aliphatic heterocycles. The molecule has 5 nitrogen and oxygen atoms in total. The first-order valence-electron chi connectivity index (χ1n) is 9.98. The Bertz CT molecular complexity index is 1160. The van der Waals surface area contributed by atoms with Gasteiger partial charge in [0.15, 0.2) is 0 Å². The van der Waals surface area contributed by atoms with Gasteiger partial charge in [-0.15, -0.1) is 0 Å². The third-order valence-electron chi connectivity index (χ3n) is 5.43. The van der Waals surface area contributed by atoms with Crippen molar-refractivity contribution in [2.75, 3.05) is 6.54 Å². The fraction of sp³-hybridized carbons (Fsp3) is 0.261. The average Bonchev–Trinajstić information content (AvgIpc) is 2.96. The molecule has 0 radical (unpaired) electrons. The number of sulfonamides is 1. The van der Waals surface area contributed by atoms with E-state index in [2.05, 4.69) is 5.32 Å². The Labute approximate surface area is 181 Å². The minimum Gasteiger partial charge on any atom is -0.355 e. The van der Waals surface area contributed by atoms with E-state index in [1.54, 1.807) is 12.1 Å². The molecule has 0 saturated carbocycles. The van der Waals surface area contributed by atoms with E-state index in [9.17, 15) is 13.2 Å². The molecule has 1 N–H and O–H groups in total. The number of amides is 1. The zero-order valence-electron chi connectivity index (χ0n) is 16.4. The highest BCUT2D eigenvalue weighted by Crippen LogP contribution is 2.27. The zero-order chi connectivity index (χ0) is 21.1. The molecule has 156 valence electrons. The molecule has 1 aliphatic rings. The summed E-state index contributed by atoms with van der Waals surface area (Å²) < 4.78 is 28.5. The summed E-state index contributed by atoms with van der Waals surface area (Å²) in [5.41, 5.74) is 0.836. The molecule has 0 unspecified atom stereocenters. The maximum Gasteiger partial charge on any atom is 0.244 e. The fourth-order valence-corrected chi connectivity index (χ4v) is 5.55. The number of nitrogens with one attached hydrogen (secondary N) is 1. The van der Waals surface area contributed by atoms with Crippen molar-refractivity contribution in [3.8, 4) is 0 Å². The van der Waals surface area contributed by atoms with E-state index < -0.39 is 16.1 Å². The minimum atomic E-state index is -3.90. The van der Waals surface area contributed by atoms with E-state index in [1.807, 2.05) is 42.5 Å². The summed E-state index contributed by atoms with van der Waals surface area (Å²) in [4.78, 5) is 12.9. The van der Waals surface area contributed by atoms with Crippen molar-refractivity contribution in [1.29, 1.82) is 0 Å². The number of benzene rings is 3.